The molecule has 4 rings (SSSR count). The highest BCUT2D eigenvalue weighted by molar-refractivity contribution is 5.96. The molecule has 0 bridgehead atoms. The summed E-state index contributed by atoms with van der Waals surface area (Å²) < 4.78 is 0. The Morgan fingerprint density at radius 1 is 0.933 bits per heavy atom. The van der Waals surface area contributed by atoms with Gasteiger partial charge in [-0.25, -0.2) is 0 Å². The zero-order valence-corrected chi connectivity index (χ0v) is 17.5. The second-order valence-electron chi connectivity index (χ2n) is 8.02. The molecule has 30 heavy (non-hydrogen) atoms. The SMILES string of the molecule is CC(=O)c1ccc(N2CC[NH+]([C@@H](C)C(=O)Nc3ccc4ccccc4c3)CC2)cc1. The third-order valence-electron chi connectivity index (χ3n) is 6.07. The highest BCUT2D eigenvalue weighted by Crippen LogP contribution is 2.19. The van der Waals surface area contributed by atoms with Crippen molar-refractivity contribution >= 4 is 33.8 Å². The Hall–Kier alpha value is -3.18. The van der Waals surface area contributed by atoms with E-state index < -0.39 is 0 Å². The lowest BCUT2D eigenvalue weighted by Gasteiger charge is -2.36. The number of quaternary nitrogens is 1. The number of rotatable bonds is 5. The molecule has 0 aromatic heterocycles. The number of fused-ring (bicyclic) bond motifs is 1. The Kier molecular flexibility index (Phi) is 5.81. The predicted molar refractivity (Wildman–Crippen MR) is 121 cm³/mol. The lowest BCUT2D eigenvalue weighted by atomic mass is 10.1. The van der Waals surface area contributed by atoms with Crippen LogP contribution in [0.3, 0.4) is 0 Å². The fraction of sp³-hybridized carbons (Fsp3) is 0.280. The highest BCUT2D eigenvalue weighted by Gasteiger charge is 2.29. The molecule has 1 atom stereocenters. The number of piperazine rings is 1. The topological polar surface area (TPSA) is 53.9 Å². The molecule has 0 radical (unpaired) electrons. The van der Waals surface area contributed by atoms with Crippen LogP contribution in [-0.2, 0) is 4.79 Å². The highest BCUT2D eigenvalue weighted by atomic mass is 16.2. The molecule has 2 N–H and O–H groups in total. The summed E-state index contributed by atoms with van der Waals surface area (Å²) in [5.74, 6) is 0.140. The summed E-state index contributed by atoms with van der Waals surface area (Å²) in [5, 5.41) is 5.38. The van der Waals surface area contributed by atoms with Gasteiger partial charge in [0.15, 0.2) is 11.8 Å². The monoisotopic (exact) mass is 402 g/mol. The number of carbonyl (C=O) groups is 2. The van der Waals surface area contributed by atoms with E-state index in [1.54, 1.807) is 6.92 Å². The second-order valence-corrected chi connectivity index (χ2v) is 8.02. The third kappa shape index (κ3) is 4.36. The van der Waals surface area contributed by atoms with Crippen molar-refractivity contribution in [3.8, 4) is 0 Å². The van der Waals surface area contributed by atoms with Crippen LogP contribution in [0.25, 0.3) is 10.8 Å². The van der Waals surface area contributed by atoms with E-state index in [1.165, 1.54) is 10.3 Å². The largest absolute Gasteiger partial charge is 0.360 e. The first kappa shape index (κ1) is 20.1. The number of amides is 1. The minimum atomic E-state index is -0.112. The first-order chi connectivity index (χ1) is 14.5. The molecule has 154 valence electrons. The van der Waals surface area contributed by atoms with E-state index in [2.05, 4.69) is 22.3 Å². The molecule has 1 aliphatic rings. The van der Waals surface area contributed by atoms with Gasteiger partial charge >= 0.3 is 0 Å². The number of nitrogens with zero attached hydrogens (tertiary/aromatic N) is 1. The molecule has 5 heteroatoms. The van der Waals surface area contributed by atoms with Gasteiger partial charge in [-0.2, -0.15) is 0 Å². The van der Waals surface area contributed by atoms with Gasteiger partial charge in [0.05, 0.1) is 26.2 Å². The van der Waals surface area contributed by atoms with E-state index in [-0.39, 0.29) is 17.7 Å². The first-order valence-electron chi connectivity index (χ1n) is 10.5. The molecule has 1 fully saturated rings. The molecule has 1 heterocycles. The van der Waals surface area contributed by atoms with Gasteiger partial charge in [-0.3, -0.25) is 9.59 Å². The summed E-state index contributed by atoms with van der Waals surface area (Å²) in [6, 6.07) is 21.9. The van der Waals surface area contributed by atoms with E-state index in [1.807, 2.05) is 61.5 Å². The van der Waals surface area contributed by atoms with Gasteiger partial charge in [0.25, 0.3) is 5.91 Å². The van der Waals surface area contributed by atoms with Crippen LogP contribution in [0, 0.1) is 0 Å². The standard InChI is InChI=1S/C25H27N3O2/c1-18(25(30)26-23-10-7-21-5-3-4-6-22(21)17-23)27-13-15-28(16-14-27)24-11-8-20(9-12-24)19(2)29/h3-12,17-18H,13-16H2,1-2H3,(H,26,30)/p+1/t18-/m0/s1. The lowest BCUT2D eigenvalue weighted by molar-refractivity contribution is -0.914. The summed E-state index contributed by atoms with van der Waals surface area (Å²) in [4.78, 5) is 27.9. The number of nitrogens with one attached hydrogen (secondary N) is 2. The van der Waals surface area contributed by atoms with E-state index in [4.69, 9.17) is 0 Å². The molecule has 1 aliphatic heterocycles. The Labute approximate surface area is 177 Å². The molecule has 3 aromatic rings. The van der Waals surface area contributed by atoms with Crippen molar-refractivity contribution in [1.82, 2.24) is 0 Å². The number of Topliss-reactive ketones (excluding diaryl/α,β-unsaturated/α-hetero) is 1. The molecule has 0 saturated carbocycles. The zero-order chi connectivity index (χ0) is 21.1. The van der Waals surface area contributed by atoms with Gasteiger partial charge in [0.1, 0.15) is 0 Å². The fourth-order valence-electron chi connectivity index (χ4n) is 4.10. The van der Waals surface area contributed by atoms with Gasteiger partial charge in [-0.05, 0) is 61.0 Å². The molecule has 0 aliphatic carbocycles. The third-order valence-corrected chi connectivity index (χ3v) is 6.07. The van der Waals surface area contributed by atoms with Crippen LogP contribution in [0.1, 0.15) is 24.2 Å². The smallest absolute Gasteiger partial charge is 0.282 e. The van der Waals surface area contributed by atoms with Gasteiger partial charge in [0, 0.05) is 16.9 Å². The molecule has 3 aromatic carbocycles. The predicted octanol–water partition coefficient (Wildman–Crippen LogP) is 2.77. The van der Waals surface area contributed by atoms with E-state index in [0.717, 1.165) is 48.5 Å². The average molecular weight is 403 g/mol. The molecule has 1 amide bonds. The number of hydrogen-bond acceptors (Lipinski definition) is 3. The lowest BCUT2D eigenvalue weighted by Crippen LogP contribution is -3.19. The quantitative estimate of drug-likeness (QED) is 0.646. The maximum atomic E-state index is 12.8. The van der Waals surface area contributed by atoms with Crippen molar-refractivity contribution < 1.29 is 14.5 Å². The minimum Gasteiger partial charge on any atom is -0.360 e. The van der Waals surface area contributed by atoms with Crippen molar-refractivity contribution in [3.05, 3.63) is 72.3 Å². The summed E-state index contributed by atoms with van der Waals surface area (Å²) >= 11 is 0. The summed E-state index contributed by atoms with van der Waals surface area (Å²) in [5.41, 5.74) is 2.71. The Bertz CT molecular complexity index is 1050. The van der Waals surface area contributed by atoms with Crippen molar-refractivity contribution in [2.24, 2.45) is 0 Å². The summed E-state index contributed by atoms with van der Waals surface area (Å²) in [6.45, 7) is 7.18. The normalized spacial score (nSPS) is 15.7. The second kappa shape index (κ2) is 8.67. The maximum absolute atomic E-state index is 12.8. The Morgan fingerprint density at radius 2 is 1.60 bits per heavy atom. The number of anilines is 2. The van der Waals surface area contributed by atoms with Crippen molar-refractivity contribution in [3.63, 3.8) is 0 Å². The van der Waals surface area contributed by atoms with Crippen LogP contribution in [0.4, 0.5) is 11.4 Å². The van der Waals surface area contributed by atoms with Gasteiger partial charge in [-0.15, -0.1) is 0 Å². The van der Waals surface area contributed by atoms with E-state index in [9.17, 15) is 9.59 Å². The summed E-state index contributed by atoms with van der Waals surface area (Å²) in [7, 11) is 0. The van der Waals surface area contributed by atoms with Crippen molar-refractivity contribution in [1.29, 1.82) is 0 Å². The van der Waals surface area contributed by atoms with Crippen LogP contribution in [0.5, 0.6) is 0 Å². The first-order valence-corrected chi connectivity index (χ1v) is 10.5. The number of hydrogen-bond donors (Lipinski definition) is 2. The van der Waals surface area contributed by atoms with Crippen molar-refractivity contribution in [2.45, 2.75) is 19.9 Å². The average Bonchev–Trinajstić information content (AvgIpc) is 2.78. The zero-order valence-electron chi connectivity index (χ0n) is 17.5. The maximum Gasteiger partial charge on any atom is 0.282 e. The summed E-state index contributed by atoms with van der Waals surface area (Å²) in [6.07, 6.45) is 0. The van der Waals surface area contributed by atoms with E-state index >= 15 is 0 Å². The molecule has 0 spiro atoms. The van der Waals surface area contributed by atoms with Crippen LogP contribution >= 0.6 is 0 Å². The molecule has 1 saturated heterocycles. The Morgan fingerprint density at radius 3 is 2.27 bits per heavy atom. The number of ketones is 1. The van der Waals surface area contributed by atoms with Crippen LogP contribution < -0.4 is 15.1 Å². The Balaban J connectivity index is 1.34. The number of carbonyl (C=O) groups excluding carboxylic acids is 2. The van der Waals surface area contributed by atoms with Gasteiger partial charge < -0.3 is 15.1 Å². The van der Waals surface area contributed by atoms with Crippen LogP contribution in [-0.4, -0.2) is 43.9 Å². The van der Waals surface area contributed by atoms with Crippen LogP contribution in [0.15, 0.2) is 66.7 Å². The molecule has 0 unspecified atom stereocenters. The molecular weight excluding hydrogens is 374 g/mol. The number of benzene rings is 3. The fourth-order valence-corrected chi connectivity index (χ4v) is 4.10. The van der Waals surface area contributed by atoms with Gasteiger partial charge in [-0.1, -0.05) is 30.3 Å². The minimum absolute atomic E-state index is 0.0551. The van der Waals surface area contributed by atoms with Crippen LogP contribution in [0.2, 0.25) is 0 Å². The van der Waals surface area contributed by atoms with Crippen molar-refractivity contribution in [2.75, 3.05) is 36.4 Å². The van der Waals surface area contributed by atoms with Gasteiger partial charge in [0.2, 0.25) is 0 Å². The molecular formula is C25H28N3O2+. The van der Waals surface area contributed by atoms with E-state index in [0.29, 0.717) is 0 Å². The molecule has 5 nitrogen and oxygen atoms in total.